The van der Waals surface area contributed by atoms with Gasteiger partial charge in [-0.15, -0.1) is 0 Å². The first-order chi connectivity index (χ1) is 14.2. The van der Waals surface area contributed by atoms with Gasteiger partial charge in [-0.25, -0.2) is 0 Å². The molecule has 2 aromatic carbocycles. The molecule has 0 bridgehead atoms. The van der Waals surface area contributed by atoms with Gasteiger partial charge in [0.1, 0.15) is 35.0 Å². The normalized spacial score (nSPS) is 21.7. The number of hydrogen-bond donors (Lipinski definition) is 2. The molecular weight excluding hydrogens is 380 g/mol. The Hall–Kier alpha value is -2.79. The first-order valence-corrected chi connectivity index (χ1v) is 10.3. The van der Waals surface area contributed by atoms with Crippen LogP contribution in [-0.4, -0.2) is 34.3 Å². The minimum Gasteiger partial charge on any atom is -0.508 e. The van der Waals surface area contributed by atoms with E-state index in [1.165, 1.54) is 5.57 Å². The maximum Gasteiger partial charge on any atom is 0.181 e. The van der Waals surface area contributed by atoms with Gasteiger partial charge in [0.25, 0.3) is 0 Å². The summed E-state index contributed by atoms with van der Waals surface area (Å²) in [6.07, 6.45) is 2.52. The summed E-state index contributed by atoms with van der Waals surface area (Å²) in [5.41, 5.74) is 3.41. The number of fused-ring (bicyclic) bond motifs is 3. The smallest absolute Gasteiger partial charge is 0.181 e. The number of aliphatic hydroxyl groups excluding tert-OH is 1. The lowest BCUT2D eigenvalue weighted by atomic mass is 9.82. The Morgan fingerprint density at radius 3 is 2.57 bits per heavy atom. The molecule has 0 aliphatic carbocycles. The van der Waals surface area contributed by atoms with E-state index in [-0.39, 0.29) is 18.1 Å². The second-order valence-electron chi connectivity index (χ2n) is 8.96. The van der Waals surface area contributed by atoms with Crippen molar-refractivity contribution in [3.05, 3.63) is 64.2 Å². The average molecular weight is 408 g/mol. The summed E-state index contributed by atoms with van der Waals surface area (Å²) in [5, 5.41) is 20.1. The Morgan fingerprint density at radius 2 is 1.90 bits per heavy atom. The van der Waals surface area contributed by atoms with Crippen LogP contribution in [0.15, 0.2) is 42.0 Å². The van der Waals surface area contributed by atoms with E-state index in [0.29, 0.717) is 29.9 Å². The molecule has 4 rings (SSSR count). The SMILES string of the molecule is CC(C)=CCc1cc2c(c3c1OCC(c1ccc(O)cc1)C3=O)OC(C)(C)C(O)C2. The van der Waals surface area contributed by atoms with Crippen molar-refractivity contribution in [1.29, 1.82) is 0 Å². The molecule has 0 amide bonds. The Morgan fingerprint density at radius 1 is 1.20 bits per heavy atom. The second kappa shape index (κ2) is 7.47. The van der Waals surface area contributed by atoms with Crippen molar-refractivity contribution in [2.45, 2.75) is 58.2 Å². The Kier molecular flexibility index (Phi) is 5.10. The predicted octanol–water partition coefficient (Wildman–Crippen LogP) is 4.33. The Bertz CT molecular complexity index is 1010. The van der Waals surface area contributed by atoms with Gasteiger partial charge in [0, 0.05) is 6.42 Å². The summed E-state index contributed by atoms with van der Waals surface area (Å²) in [5.74, 6) is 0.737. The number of allylic oxidation sites excluding steroid dienone is 2. The van der Waals surface area contributed by atoms with Gasteiger partial charge in [-0.3, -0.25) is 4.79 Å². The van der Waals surface area contributed by atoms with Gasteiger partial charge in [-0.2, -0.15) is 0 Å². The van der Waals surface area contributed by atoms with Crippen LogP contribution < -0.4 is 9.47 Å². The largest absolute Gasteiger partial charge is 0.508 e. The number of hydrogen-bond acceptors (Lipinski definition) is 5. The molecular formula is C25H28O5. The molecule has 0 saturated carbocycles. The van der Waals surface area contributed by atoms with Gasteiger partial charge in [0.15, 0.2) is 5.78 Å². The number of phenolic OH excluding ortho intramolecular Hbond substituents is 1. The van der Waals surface area contributed by atoms with Crippen molar-refractivity contribution in [3.8, 4) is 17.2 Å². The highest BCUT2D eigenvalue weighted by Gasteiger charge is 2.42. The second-order valence-corrected chi connectivity index (χ2v) is 8.96. The van der Waals surface area contributed by atoms with Crippen LogP contribution in [0.25, 0.3) is 0 Å². The van der Waals surface area contributed by atoms with Crippen LogP contribution in [0.1, 0.15) is 60.7 Å². The zero-order chi connectivity index (χ0) is 21.6. The van der Waals surface area contributed by atoms with Gasteiger partial charge in [-0.05, 0) is 69.0 Å². The van der Waals surface area contributed by atoms with E-state index in [4.69, 9.17) is 9.47 Å². The van der Waals surface area contributed by atoms with Gasteiger partial charge >= 0.3 is 0 Å². The number of Topliss-reactive ketones (excluding diaryl/α,β-unsaturated/α-hetero) is 1. The molecule has 2 unspecified atom stereocenters. The highest BCUT2D eigenvalue weighted by Crippen LogP contribution is 2.46. The standard InChI is InChI=1S/C25H28O5/c1-14(2)5-6-16-11-17-12-20(27)25(3,4)30-24(17)21-22(28)19(13-29-23(16)21)15-7-9-18(26)10-8-15/h5,7-11,19-20,26-27H,6,12-13H2,1-4H3. The third-order valence-corrected chi connectivity index (χ3v) is 5.95. The first-order valence-electron chi connectivity index (χ1n) is 10.3. The summed E-state index contributed by atoms with van der Waals surface area (Å²) < 4.78 is 12.3. The third-order valence-electron chi connectivity index (χ3n) is 5.95. The third kappa shape index (κ3) is 3.58. The van der Waals surface area contributed by atoms with Crippen LogP contribution in [0.5, 0.6) is 17.2 Å². The lowest BCUT2D eigenvalue weighted by Gasteiger charge is -2.39. The molecule has 2 heterocycles. The van der Waals surface area contributed by atoms with Gasteiger partial charge in [0.05, 0.1) is 12.0 Å². The maximum atomic E-state index is 13.7. The molecule has 2 atom stereocenters. The van der Waals surface area contributed by atoms with E-state index in [9.17, 15) is 15.0 Å². The molecule has 0 spiro atoms. The van der Waals surface area contributed by atoms with Gasteiger partial charge in [0.2, 0.25) is 0 Å². The fourth-order valence-corrected chi connectivity index (χ4v) is 4.04. The zero-order valence-corrected chi connectivity index (χ0v) is 17.9. The fraction of sp³-hybridized carbons (Fsp3) is 0.400. The molecule has 2 aliphatic heterocycles. The quantitative estimate of drug-likeness (QED) is 0.739. The number of aliphatic hydroxyl groups is 1. The van der Waals surface area contributed by atoms with Crippen LogP contribution in [0.2, 0.25) is 0 Å². The fourth-order valence-electron chi connectivity index (χ4n) is 4.04. The van der Waals surface area contributed by atoms with Crippen molar-refractivity contribution in [3.63, 3.8) is 0 Å². The van der Waals surface area contributed by atoms with Crippen LogP contribution in [-0.2, 0) is 12.8 Å². The van der Waals surface area contributed by atoms with Crippen molar-refractivity contribution >= 4 is 5.78 Å². The minimum atomic E-state index is -0.798. The van der Waals surface area contributed by atoms with Crippen molar-refractivity contribution in [1.82, 2.24) is 0 Å². The number of ketones is 1. The minimum absolute atomic E-state index is 0.0515. The van der Waals surface area contributed by atoms with Crippen LogP contribution in [0.3, 0.4) is 0 Å². The predicted molar refractivity (Wildman–Crippen MR) is 115 cm³/mol. The average Bonchev–Trinajstić information content (AvgIpc) is 2.68. The van der Waals surface area contributed by atoms with E-state index >= 15 is 0 Å². The molecule has 2 aliphatic rings. The van der Waals surface area contributed by atoms with Gasteiger partial charge < -0.3 is 19.7 Å². The molecule has 5 nitrogen and oxygen atoms in total. The van der Waals surface area contributed by atoms with E-state index in [1.54, 1.807) is 24.3 Å². The Labute approximate surface area is 177 Å². The number of rotatable bonds is 3. The number of aromatic hydroxyl groups is 1. The Balaban J connectivity index is 1.85. The summed E-state index contributed by atoms with van der Waals surface area (Å²) >= 11 is 0. The van der Waals surface area contributed by atoms with E-state index in [1.807, 2.05) is 33.8 Å². The van der Waals surface area contributed by atoms with Crippen molar-refractivity contribution in [2.24, 2.45) is 0 Å². The van der Waals surface area contributed by atoms with Crippen LogP contribution in [0, 0.1) is 0 Å². The number of carbonyl (C=O) groups excluding carboxylic acids is 1. The highest BCUT2D eigenvalue weighted by atomic mass is 16.5. The molecule has 0 aromatic heterocycles. The van der Waals surface area contributed by atoms with E-state index in [2.05, 4.69) is 6.08 Å². The molecule has 0 fully saturated rings. The van der Waals surface area contributed by atoms with Crippen molar-refractivity contribution < 1.29 is 24.5 Å². The maximum absolute atomic E-state index is 13.7. The molecule has 30 heavy (non-hydrogen) atoms. The highest BCUT2D eigenvalue weighted by molar-refractivity contribution is 6.07. The van der Waals surface area contributed by atoms with Crippen molar-refractivity contribution in [2.75, 3.05) is 6.61 Å². The lowest BCUT2D eigenvalue weighted by Crippen LogP contribution is -2.47. The molecule has 2 aromatic rings. The number of ether oxygens (including phenoxy) is 2. The van der Waals surface area contributed by atoms with Crippen LogP contribution in [0.4, 0.5) is 0 Å². The number of phenols is 1. The molecule has 0 saturated heterocycles. The molecule has 5 heteroatoms. The first kappa shape index (κ1) is 20.5. The van der Waals surface area contributed by atoms with E-state index in [0.717, 1.165) is 16.7 Å². The summed E-state index contributed by atoms with van der Waals surface area (Å²) in [7, 11) is 0. The number of carbonyl (C=O) groups is 1. The topological polar surface area (TPSA) is 76.0 Å². The molecule has 158 valence electrons. The summed E-state index contributed by atoms with van der Waals surface area (Å²) in [6.45, 7) is 7.97. The van der Waals surface area contributed by atoms with Crippen LogP contribution >= 0.6 is 0 Å². The summed E-state index contributed by atoms with van der Waals surface area (Å²) in [4.78, 5) is 13.7. The lowest BCUT2D eigenvalue weighted by molar-refractivity contribution is -0.0419. The summed E-state index contributed by atoms with van der Waals surface area (Å²) in [6, 6.07) is 8.66. The molecule has 2 N–H and O–H groups in total. The van der Waals surface area contributed by atoms with E-state index < -0.39 is 17.6 Å². The monoisotopic (exact) mass is 408 g/mol. The van der Waals surface area contributed by atoms with Gasteiger partial charge in [-0.1, -0.05) is 23.8 Å². The molecule has 0 radical (unpaired) electrons. The number of benzene rings is 2. The zero-order valence-electron chi connectivity index (χ0n) is 17.9.